The maximum Gasteiger partial charge on any atom is 0.257 e. The van der Waals surface area contributed by atoms with Crippen LogP contribution in [0.15, 0.2) is 67.0 Å². The number of nitrogens with zero attached hydrogens (tertiary/aromatic N) is 2. The van der Waals surface area contributed by atoms with E-state index in [0.29, 0.717) is 22.0 Å². The van der Waals surface area contributed by atoms with E-state index in [9.17, 15) is 4.79 Å². The summed E-state index contributed by atoms with van der Waals surface area (Å²) in [5, 5.41) is 3.34. The average molecular weight is 382 g/mol. The maximum atomic E-state index is 12.7. The predicted molar refractivity (Wildman–Crippen MR) is 109 cm³/mol. The number of hydrogen-bond acceptors (Lipinski definition) is 4. The molecular weight excluding hydrogens is 362 g/mol. The van der Waals surface area contributed by atoms with Crippen LogP contribution in [-0.2, 0) is 6.54 Å². The number of carbonyl (C=O) groups is 1. The summed E-state index contributed by atoms with van der Waals surface area (Å²) in [5.41, 5.74) is 3.00. The van der Waals surface area contributed by atoms with Crippen LogP contribution in [0, 0.1) is 0 Å². The fraction of sp³-hybridized carbons (Fsp3) is 0.143. The van der Waals surface area contributed by atoms with Crippen LogP contribution in [0.1, 0.15) is 15.9 Å². The number of amides is 1. The van der Waals surface area contributed by atoms with Crippen molar-refractivity contribution in [2.75, 3.05) is 24.4 Å². The van der Waals surface area contributed by atoms with Crippen molar-refractivity contribution in [2.45, 2.75) is 6.54 Å². The number of aromatic nitrogens is 1. The van der Waals surface area contributed by atoms with Crippen molar-refractivity contribution in [1.82, 2.24) is 4.98 Å². The Morgan fingerprint density at radius 3 is 2.67 bits per heavy atom. The third-order valence-electron chi connectivity index (χ3n) is 4.10. The van der Waals surface area contributed by atoms with Gasteiger partial charge in [0.2, 0.25) is 0 Å². The number of halogens is 1. The normalized spacial score (nSPS) is 10.3. The quantitative estimate of drug-likeness (QED) is 0.676. The highest BCUT2D eigenvalue weighted by Crippen LogP contribution is 2.28. The lowest BCUT2D eigenvalue weighted by Crippen LogP contribution is -2.18. The van der Waals surface area contributed by atoms with E-state index < -0.39 is 0 Å². The topological polar surface area (TPSA) is 54.5 Å². The molecule has 0 saturated heterocycles. The van der Waals surface area contributed by atoms with E-state index in [1.807, 2.05) is 36.2 Å². The fourth-order valence-electron chi connectivity index (χ4n) is 2.68. The van der Waals surface area contributed by atoms with Crippen molar-refractivity contribution in [3.8, 4) is 5.75 Å². The molecule has 0 aliphatic rings. The van der Waals surface area contributed by atoms with E-state index in [4.69, 9.17) is 16.3 Å². The van der Waals surface area contributed by atoms with Crippen LogP contribution in [0.2, 0.25) is 5.02 Å². The molecule has 1 heterocycles. The van der Waals surface area contributed by atoms with Gasteiger partial charge in [-0.05, 0) is 29.8 Å². The summed E-state index contributed by atoms with van der Waals surface area (Å²) >= 11 is 6.02. The third kappa shape index (κ3) is 4.77. The van der Waals surface area contributed by atoms with E-state index in [2.05, 4.69) is 22.4 Å². The Morgan fingerprint density at radius 2 is 1.93 bits per heavy atom. The number of hydrogen-bond donors (Lipinski definition) is 1. The monoisotopic (exact) mass is 381 g/mol. The van der Waals surface area contributed by atoms with Gasteiger partial charge in [-0.3, -0.25) is 9.78 Å². The molecule has 0 bridgehead atoms. The van der Waals surface area contributed by atoms with Gasteiger partial charge in [0.25, 0.3) is 5.91 Å². The zero-order valence-electron chi connectivity index (χ0n) is 15.1. The molecule has 27 heavy (non-hydrogen) atoms. The van der Waals surface area contributed by atoms with E-state index >= 15 is 0 Å². The van der Waals surface area contributed by atoms with Gasteiger partial charge in [-0.1, -0.05) is 41.9 Å². The van der Waals surface area contributed by atoms with Gasteiger partial charge in [-0.15, -0.1) is 0 Å². The smallest absolute Gasteiger partial charge is 0.257 e. The largest absolute Gasteiger partial charge is 0.495 e. The van der Waals surface area contributed by atoms with Gasteiger partial charge in [0.1, 0.15) is 5.75 Å². The molecule has 0 fully saturated rings. The lowest BCUT2D eigenvalue weighted by atomic mass is 10.2. The van der Waals surface area contributed by atoms with Crippen LogP contribution in [0.4, 0.5) is 11.4 Å². The number of methoxy groups -OCH3 is 1. The molecule has 0 aliphatic carbocycles. The van der Waals surface area contributed by atoms with Crippen LogP contribution in [0.3, 0.4) is 0 Å². The van der Waals surface area contributed by atoms with E-state index in [-0.39, 0.29) is 5.91 Å². The van der Waals surface area contributed by atoms with E-state index in [0.717, 1.165) is 12.2 Å². The molecule has 0 atom stereocenters. The average Bonchev–Trinajstić information content (AvgIpc) is 2.69. The minimum atomic E-state index is -0.280. The molecule has 3 rings (SSSR count). The second kappa shape index (κ2) is 8.56. The molecule has 0 saturated carbocycles. The summed E-state index contributed by atoms with van der Waals surface area (Å²) in [6.45, 7) is 0.718. The summed E-state index contributed by atoms with van der Waals surface area (Å²) < 4.78 is 5.27. The zero-order valence-corrected chi connectivity index (χ0v) is 15.9. The van der Waals surface area contributed by atoms with Gasteiger partial charge in [0.15, 0.2) is 0 Å². The first-order chi connectivity index (χ1) is 13.1. The molecule has 1 amide bonds. The fourth-order valence-corrected chi connectivity index (χ4v) is 2.85. The summed E-state index contributed by atoms with van der Waals surface area (Å²) in [4.78, 5) is 18.9. The first-order valence-corrected chi connectivity index (χ1v) is 8.79. The highest BCUT2D eigenvalue weighted by atomic mass is 35.5. The Bertz CT molecular complexity index is 932. The lowest BCUT2D eigenvalue weighted by Gasteiger charge is -2.19. The van der Waals surface area contributed by atoms with E-state index in [1.54, 1.807) is 31.5 Å². The maximum absolute atomic E-state index is 12.7. The number of carbonyl (C=O) groups excluding carboxylic acids is 1. The molecule has 0 aliphatic heterocycles. The SMILES string of the molecule is COc1ccc(Cl)cc1NC(=O)c1cncc(N(C)Cc2ccccc2)c1. The van der Waals surface area contributed by atoms with Crippen LogP contribution in [-0.4, -0.2) is 25.0 Å². The van der Waals surface area contributed by atoms with Crippen molar-refractivity contribution in [3.63, 3.8) is 0 Å². The molecule has 2 aromatic carbocycles. The first-order valence-electron chi connectivity index (χ1n) is 8.42. The highest BCUT2D eigenvalue weighted by molar-refractivity contribution is 6.31. The second-order valence-electron chi connectivity index (χ2n) is 6.07. The molecule has 0 spiro atoms. The van der Waals surface area contributed by atoms with Crippen LogP contribution in [0.5, 0.6) is 5.75 Å². The molecule has 5 nitrogen and oxygen atoms in total. The van der Waals surface area contributed by atoms with Gasteiger partial charge in [-0.25, -0.2) is 0 Å². The van der Waals surface area contributed by atoms with Gasteiger partial charge in [-0.2, -0.15) is 0 Å². The number of rotatable bonds is 6. The Hall–Kier alpha value is -3.05. The molecule has 1 aromatic heterocycles. The number of pyridine rings is 1. The Balaban J connectivity index is 1.77. The minimum absolute atomic E-state index is 0.280. The standard InChI is InChI=1S/C21H20ClN3O2/c1-25(14-15-6-4-3-5-7-15)18-10-16(12-23-13-18)21(26)24-19-11-17(22)8-9-20(19)27-2/h3-13H,14H2,1-2H3,(H,24,26). The summed E-state index contributed by atoms with van der Waals surface area (Å²) in [6.07, 6.45) is 3.27. The molecule has 1 N–H and O–H groups in total. The molecule has 0 unspecified atom stereocenters. The summed E-state index contributed by atoms with van der Waals surface area (Å²) in [5.74, 6) is 0.260. The molecular formula is C21H20ClN3O2. The van der Waals surface area contributed by atoms with Crippen molar-refractivity contribution < 1.29 is 9.53 Å². The van der Waals surface area contributed by atoms with Crippen molar-refractivity contribution in [2.24, 2.45) is 0 Å². The molecule has 6 heteroatoms. The number of ether oxygens (including phenoxy) is 1. The van der Waals surface area contributed by atoms with Crippen molar-refractivity contribution in [1.29, 1.82) is 0 Å². The summed E-state index contributed by atoms with van der Waals surface area (Å²) in [7, 11) is 3.51. The Morgan fingerprint density at radius 1 is 1.15 bits per heavy atom. The van der Waals surface area contributed by atoms with Crippen LogP contribution >= 0.6 is 11.6 Å². The number of nitrogens with one attached hydrogen (secondary N) is 1. The highest BCUT2D eigenvalue weighted by Gasteiger charge is 2.13. The first kappa shape index (κ1) is 18.7. The van der Waals surface area contributed by atoms with Crippen LogP contribution < -0.4 is 15.0 Å². The van der Waals surface area contributed by atoms with Gasteiger partial charge in [0.05, 0.1) is 30.2 Å². The zero-order chi connectivity index (χ0) is 19.2. The van der Waals surface area contributed by atoms with Crippen molar-refractivity contribution in [3.05, 3.63) is 83.1 Å². The molecule has 3 aromatic rings. The number of benzene rings is 2. The second-order valence-corrected chi connectivity index (χ2v) is 6.51. The van der Waals surface area contributed by atoms with Gasteiger partial charge < -0.3 is 15.0 Å². The number of anilines is 2. The van der Waals surface area contributed by atoms with Gasteiger partial charge >= 0.3 is 0 Å². The molecule has 0 radical (unpaired) electrons. The molecule has 138 valence electrons. The third-order valence-corrected chi connectivity index (χ3v) is 4.33. The van der Waals surface area contributed by atoms with Crippen molar-refractivity contribution >= 4 is 28.9 Å². The Labute approximate surface area is 163 Å². The van der Waals surface area contributed by atoms with Gasteiger partial charge in [0, 0.05) is 24.8 Å². The van der Waals surface area contributed by atoms with E-state index in [1.165, 1.54) is 11.8 Å². The summed E-state index contributed by atoms with van der Waals surface area (Å²) in [6, 6.07) is 17.0. The predicted octanol–water partition coefficient (Wildman–Crippen LogP) is 4.63. The van der Waals surface area contributed by atoms with Crippen LogP contribution in [0.25, 0.3) is 0 Å². The lowest BCUT2D eigenvalue weighted by molar-refractivity contribution is 0.102. The Kier molecular flexibility index (Phi) is 5.94. The minimum Gasteiger partial charge on any atom is -0.495 e.